The van der Waals surface area contributed by atoms with Gasteiger partial charge in [-0.1, -0.05) is 36.4 Å². The van der Waals surface area contributed by atoms with Gasteiger partial charge in [0.15, 0.2) is 9.84 Å². The number of hydrogen-bond acceptors (Lipinski definition) is 2. The van der Waals surface area contributed by atoms with Crippen molar-refractivity contribution in [2.24, 2.45) is 0 Å². The van der Waals surface area contributed by atoms with Crippen LogP contribution in [0.3, 0.4) is 0 Å². The van der Waals surface area contributed by atoms with Crippen molar-refractivity contribution in [3.63, 3.8) is 0 Å². The van der Waals surface area contributed by atoms with Crippen molar-refractivity contribution in [3.05, 3.63) is 70.3 Å². The molecule has 0 saturated heterocycles. The largest absolute Gasteiger partial charge is 0.263 e. The van der Waals surface area contributed by atoms with E-state index in [2.05, 4.69) is 0 Å². The molecule has 122 valence electrons. The third kappa shape index (κ3) is 3.96. The molecule has 0 aromatic heterocycles. The summed E-state index contributed by atoms with van der Waals surface area (Å²) in [7, 11) is -3.39. The minimum atomic E-state index is -3.39. The van der Waals surface area contributed by atoms with Crippen LogP contribution in [0.25, 0.3) is 0 Å². The highest BCUT2D eigenvalue weighted by Gasteiger charge is 2.17. The van der Waals surface area contributed by atoms with E-state index in [4.69, 9.17) is 0 Å². The number of alkyl halides is 2. The van der Waals surface area contributed by atoms with E-state index in [1.54, 1.807) is 6.07 Å². The summed E-state index contributed by atoms with van der Waals surface area (Å²) in [4.78, 5) is 0. The fraction of sp³-hybridized carbons (Fsp3) is 0.333. The maximum Gasteiger partial charge on any atom is 0.263 e. The highest BCUT2D eigenvalue weighted by atomic mass is 32.2. The lowest BCUT2D eigenvalue weighted by Gasteiger charge is -2.08. The summed E-state index contributed by atoms with van der Waals surface area (Å²) in [6.07, 6.45) is 0.586. The highest BCUT2D eigenvalue weighted by molar-refractivity contribution is 7.89. The number of fused-ring (bicyclic) bond motifs is 1. The van der Waals surface area contributed by atoms with Crippen LogP contribution in [-0.2, 0) is 34.2 Å². The van der Waals surface area contributed by atoms with Crippen molar-refractivity contribution in [1.29, 1.82) is 0 Å². The molecule has 0 amide bonds. The van der Waals surface area contributed by atoms with Crippen LogP contribution in [0.4, 0.5) is 8.78 Å². The average Bonchev–Trinajstić information content (AvgIpc) is 2.94. The van der Waals surface area contributed by atoms with Crippen LogP contribution in [0.1, 0.15) is 40.7 Å². The quantitative estimate of drug-likeness (QED) is 0.819. The maximum atomic E-state index is 12.7. The lowest BCUT2D eigenvalue weighted by molar-refractivity contribution is 0.151. The Bertz CT molecular complexity index is 814. The Labute approximate surface area is 135 Å². The first-order chi connectivity index (χ1) is 10.9. The standard InChI is InChI=1S/C18H18F2O2S/c19-18(20)17-6-1-3-13(10-17)11-23(21,22)12-14-7-8-15-4-2-5-16(15)9-14/h1,3,6-10,18H,2,4-5,11-12H2. The summed E-state index contributed by atoms with van der Waals surface area (Å²) in [5.74, 6) is -0.274. The summed E-state index contributed by atoms with van der Waals surface area (Å²) < 4.78 is 50.1. The summed E-state index contributed by atoms with van der Waals surface area (Å²) in [6.45, 7) is 0. The number of rotatable bonds is 5. The smallest absolute Gasteiger partial charge is 0.228 e. The van der Waals surface area contributed by atoms with Gasteiger partial charge in [0.2, 0.25) is 0 Å². The van der Waals surface area contributed by atoms with Crippen molar-refractivity contribution < 1.29 is 17.2 Å². The molecule has 23 heavy (non-hydrogen) atoms. The van der Waals surface area contributed by atoms with Crippen molar-refractivity contribution in [2.75, 3.05) is 0 Å². The van der Waals surface area contributed by atoms with Crippen LogP contribution >= 0.6 is 0 Å². The molecular formula is C18H18F2O2S. The second kappa shape index (κ2) is 6.40. The number of aryl methyl sites for hydroxylation is 2. The lowest BCUT2D eigenvalue weighted by atomic mass is 10.1. The van der Waals surface area contributed by atoms with Crippen molar-refractivity contribution >= 4 is 9.84 Å². The summed E-state index contributed by atoms with van der Waals surface area (Å²) in [5.41, 5.74) is 3.57. The third-order valence-corrected chi connectivity index (χ3v) is 5.69. The molecule has 2 aromatic rings. The molecule has 2 nitrogen and oxygen atoms in total. The van der Waals surface area contributed by atoms with Gasteiger partial charge in [-0.3, -0.25) is 0 Å². The number of hydrogen-bond donors (Lipinski definition) is 0. The van der Waals surface area contributed by atoms with Crippen LogP contribution in [0.2, 0.25) is 0 Å². The molecule has 1 aliphatic carbocycles. The first-order valence-electron chi connectivity index (χ1n) is 7.61. The maximum absolute atomic E-state index is 12.7. The predicted molar refractivity (Wildman–Crippen MR) is 86.2 cm³/mol. The van der Waals surface area contributed by atoms with Gasteiger partial charge in [-0.05, 0) is 47.6 Å². The number of benzene rings is 2. The molecule has 0 unspecified atom stereocenters. The number of sulfone groups is 1. The molecule has 0 heterocycles. The average molecular weight is 336 g/mol. The van der Waals surface area contributed by atoms with Gasteiger partial charge in [-0.25, -0.2) is 17.2 Å². The summed E-state index contributed by atoms with van der Waals surface area (Å²) >= 11 is 0. The van der Waals surface area contributed by atoms with E-state index in [9.17, 15) is 17.2 Å². The first-order valence-corrected chi connectivity index (χ1v) is 9.43. The van der Waals surface area contributed by atoms with E-state index in [1.807, 2.05) is 18.2 Å². The van der Waals surface area contributed by atoms with Gasteiger partial charge in [-0.15, -0.1) is 0 Å². The van der Waals surface area contributed by atoms with E-state index in [0.717, 1.165) is 24.8 Å². The zero-order valence-corrected chi connectivity index (χ0v) is 13.5. The van der Waals surface area contributed by atoms with Crippen LogP contribution in [0.5, 0.6) is 0 Å². The van der Waals surface area contributed by atoms with Crippen molar-refractivity contribution in [1.82, 2.24) is 0 Å². The molecule has 3 rings (SSSR count). The van der Waals surface area contributed by atoms with Gasteiger partial charge in [0.1, 0.15) is 0 Å². The Morgan fingerprint density at radius 3 is 2.35 bits per heavy atom. The van der Waals surface area contributed by atoms with Gasteiger partial charge < -0.3 is 0 Å². The van der Waals surface area contributed by atoms with E-state index in [0.29, 0.717) is 5.56 Å². The second-order valence-electron chi connectivity index (χ2n) is 6.03. The lowest BCUT2D eigenvalue weighted by Crippen LogP contribution is -2.08. The zero-order chi connectivity index (χ0) is 16.4. The van der Waals surface area contributed by atoms with Gasteiger partial charge in [0.05, 0.1) is 11.5 Å². The monoisotopic (exact) mass is 336 g/mol. The molecule has 2 aromatic carbocycles. The molecule has 0 radical (unpaired) electrons. The molecule has 0 saturated carbocycles. The normalized spacial score (nSPS) is 14.2. The topological polar surface area (TPSA) is 34.1 Å². The van der Waals surface area contributed by atoms with E-state index in [-0.39, 0.29) is 17.1 Å². The Morgan fingerprint density at radius 1 is 0.913 bits per heavy atom. The minimum absolute atomic E-state index is 0.0564. The van der Waals surface area contributed by atoms with Crippen LogP contribution in [0.15, 0.2) is 42.5 Å². The fourth-order valence-electron chi connectivity index (χ4n) is 3.09. The number of halogens is 2. The molecule has 0 aliphatic heterocycles. The van der Waals surface area contributed by atoms with Gasteiger partial charge in [-0.2, -0.15) is 0 Å². The Hall–Kier alpha value is -1.75. The summed E-state index contributed by atoms with van der Waals surface area (Å²) in [5, 5.41) is 0. The molecule has 0 N–H and O–H groups in total. The highest BCUT2D eigenvalue weighted by Crippen LogP contribution is 2.25. The van der Waals surface area contributed by atoms with E-state index < -0.39 is 16.3 Å². The van der Waals surface area contributed by atoms with Gasteiger partial charge >= 0.3 is 0 Å². The molecule has 0 atom stereocenters. The molecular weight excluding hydrogens is 318 g/mol. The van der Waals surface area contributed by atoms with Crippen molar-refractivity contribution in [3.8, 4) is 0 Å². The van der Waals surface area contributed by atoms with Gasteiger partial charge in [0.25, 0.3) is 6.43 Å². The molecule has 1 aliphatic rings. The Balaban J connectivity index is 1.76. The summed E-state index contributed by atoms with van der Waals surface area (Å²) in [6, 6.07) is 11.5. The molecule has 0 fully saturated rings. The van der Waals surface area contributed by atoms with Crippen molar-refractivity contribution in [2.45, 2.75) is 37.2 Å². The Morgan fingerprint density at radius 2 is 1.61 bits per heavy atom. The van der Waals surface area contributed by atoms with E-state index >= 15 is 0 Å². The van der Waals surface area contributed by atoms with E-state index in [1.165, 1.54) is 29.3 Å². The molecule has 5 heteroatoms. The third-order valence-electron chi connectivity index (χ3n) is 4.14. The minimum Gasteiger partial charge on any atom is -0.228 e. The molecule has 0 bridgehead atoms. The second-order valence-corrected chi connectivity index (χ2v) is 8.10. The van der Waals surface area contributed by atoms with Crippen LogP contribution in [0, 0.1) is 0 Å². The first kappa shape index (κ1) is 16.1. The van der Waals surface area contributed by atoms with Crippen LogP contribution in [-0.4, -0.2) is 8.42 Å². The zero-order valence-electron chi connectivity index (χ0n) is 12.6. The van der Waals surface area contributed by atoms with Crippen LogP contribution < -0.4 is 0 Å². The van der Waals surface area contributed by atoms with Gasteiger partial charge in [0, 0.05) is 5.56 Å². The Kier molecular flexibility index (Phi) is 4.48. The molecule has 0 spiro atoms. The fourth-order valence-corrected chi connectivity index (χ4v) is 4.57. The SMILES string of the molecule is O=S(=O)(Cc1cccc(C(F)F)c1)Cc1ccc2c(c1)CCC2. The predicted octanol–water partition coefficient (Wildman–Crippen LogP) is 4.23.